The molecular formula is C34H52O6S. The topological polar surface area (TPSA) is 66.4 Å². The molecule has 6 nitrogen and oxygen atoms in total. The summed E-state index contributed by atoms with van der Waals surface area (Å²) in [6.45, 7) is 12.5. The van der Waals surface area contributed by atoms with E-state index in [1.807, 2.05) is 6.07 Å². The van der Waals surface area contributed by atoms with Gasteiger partial charge in [0.2, 0.25) is 0 Å². The van der Waals surface area contributed by atoms with Gasteiger partial charge in [0.05, 0.1) is 25.1 Å². The lowest BCUT2D eigenvalue weighted by molar-refractivity contribution is -0.199. The monoisotopic (exact) mass is 588 g/mol. The van der Waals surface area contributed by atoms with Crippen molar-refractivity contribution in [3.8, 4) is 0 Å². The van der Waals surface area contributed by atoms with Crippen LogP contribution in [0.25, 0.3) is 10.8 Å². The van der Waals surface area contributed by atoms with Crippen molar-refractivity contribution in [1.82, 2.24) is 0 Å². The highest BCUT2D eigenvalue weighted by atomic mass is 32.2. The Labute approximate surface area is 251 Å². The van der Waals surface area contributed by atoms with Crippen LogP contribution in [0.4, 0.5) is 0 Å². The molecule has 2 aromatic rings. The zero-order valence-electron chi connectivity index (χ0n) is 25.7. The van der Waals surface area contributed by atoms with E-state index in [4.69, 9.17) is 23.7 Å². The Hall–Kier alpha value is -1.19. The van der Waals surface area contributed by atoms with Gasteiger partial charge in [-0.05, 0) is 53.6 Å². The fourth-order valence-electron chi connectivity index (χ4n) is 5.90. The van der Waals surface area contributed by atoms with Crippen LogP contribution in [0.2, 0.25) is 0 Å². The van der Waals surface area contributed by atoms with Gasteiger partial charge in [0.1, 0.15) is 18.3 Å². The third-order valence-electron chi connectivity index (χ3n) is 8.24. The van der Waals surface area contributed by atoms with Crippen LogP contribution in [0, 0.1) is 0 Å². The molecule has 2 aliphatic heterocycles. The SMILES string of the molecule is CCCCOC[C@H]1S[C@]2(OCc3c2cc(CO)c2ccccc32)[C@H](OCCCC)[C@@H](OCCCC)[C@@H]1OCCCC. The molecule has 4 rings (SSSR count). The van der Waals surface area contributed by atoms with Gasteiger partial charge >= 0.3 is 0 Å². The van der Waals surface area contributed by atoms with Crippen LogP contribution in [0.15, 0.2) is 30.3 Å². The molecule has 41 heavy (non-hydrogen) atoms. The first-order valence-electron chi connectivity index (χ1n) is 16.0. The highest BCUT2D eigenvalue weighted by Gasteiger charge is 2.60. The summed E-state index contributed by atoms with van der Waals surface area (Å²) in [5.41, 5.74) is 3.19. The zero-order chi connectivity index (χ0) is 29.1. The van der Waals surface area contributed by atoms with Crippen molar-refractivity contribution in [3.63, 3.8) is 0 Å². The Balaban J connectivity index is 1.81. The first-order valence-corrected chi connectivity index (χ1v) is 16.9. The second-order valence-electron chi connectivity index (χ2n) is 11.3. The smallest absolute Gasteiger partial charge is 0.169 e. The summed E-state index contributed by atoms with van der Waals surface area (Å²) >= 11 is 1.79. The molecule has 0 aliphatic carbocycles. The highest BCUT2D eigenvalue weighted by molar-refractivity contribution is 8.00. The van der Waals surface area contributed by atoms with Gasteiger partial charge in [-0.2, -0.15) is 0 Å². The number of hydrogen-bond acceptors (Lipinski definition) is 7. The Morgan fingerprint density at radius 3 is 2.10 bits per heavy atom. The molecule has 5 atom stereocenters. The lowest BCUT2D eigenvalue weighted by atomic mass is 9.88. The normalized spacial score (nSPS) is 25.8. The third-order valence-corrected chi connectivity index (χ3v) is 9.87. The molecule has 7 heteroatoms. The van der Waals surface area contributed by atoms with Gasteiger partial charge in [0, 0.05) is 32.0 Å². The number of unbranched alkanes of at least 4 members (excludes halogenated alkanes) is 4. The lowest BCUT2D eigenvalue weighted by Gasteiger charge is -2.51. The van der Waals surface area contributed by atoms with Gasteiger partial charge in [-0.15, -0.1) is 11.8 Å². The maximum atomic E-state index is 10.4. The van der Waals surface area contributed by atoms with E-state index in [9.17, 15) is 5.11 Å². The average molecular weight is 589 g/mol. The van der Waals surface area contributed by atoms with Gasteiger partial charge in [-0.3, -0.25) is 0 Å². The van der Waals surface area contributed by atoms with Crippen molar-refractivity contribution in [3.05, 3.63) is 47.0 Å². The van der Waals surface area contributed by atoms with Crippen molar-refractivity contribution >= 4 is 22.5 Å². The van der Waals surface area contributed by atoms with Gasteiger partial charge < -0.3 is 28.8 Å². The van der Waals surface area contributed by atoms with Gasteiger partial charge in [0.15, 0.2) is 4.93 Å². The minimum absolute atomic E-state index is 0.0105. The van der Waals surface area contributed by atoms with E-state index in [1.165, 1.54) is 5.56 Å². The fraction of sp³-hybridized carbons (Fsp3) is 0.706. The number of fused-ring (bicyclic) bond motifs is 4. The summed E-state index contributed by atoms with van der Waals surface area (Å²) < 4.78 is 33.5. The Kier molecular flexibility index (Phi) is 13.2. The van der Waals surface area contributed by atoms with Crippen molar-refractivity contribution in [2.75, 3.05) is 33.0 Å². The first-order chi connectivity index (χ1) is 20.1. The van der Waals surface area contributed by atoms with E-state index in [2.05, 4.69) is 52.0 Å². The van der Waals surface area contributed by atoms with Crippen LogP contribution >= 0.6 is 11.8 Å². The summed E-state index contributed by atoms with van der Waals surface area (Å²) in [6, 6.07) is 10.5. The average Bonchev–Trinajstić information content (AvgIpc) is 3.36. The van der Waals surface area contributed by atoms with Crippen LogP contribution in [0.1, 0.15) is 95.8 Å². The fourth-order valence-corrected chi connectivity index (χ4v) is 7.66. The first kappa shape index (κ1) is 32.7. The van der Waals surface area contributed by atoms with E-state index in [-0.39, 0.29) is 30.2 Å². The molecule has 230 valence electrons. The van der Waals surface area contributed by atoms with Gasteiger partial charge in [-0.25, -0.2) is 0 Å². The van der Waals surface area contributed by atoms with E-state index < -0.39 is 4.93 Å². The van der Waals surface area contributed by atoms with Gasteiger partial charge in [-0.1, -0.05) is 77.6 Å². The molecule has 1 spiro atoms. The minimum atomic E-state index is -0.780. The van der Waals surface area contributed by atoms with E-state index in [0.29, 0.717) is 33.0 Å². The maximum Gasteiger partial charge on any atom is 0.169 e. The summed E-state index contributed by atoms with van der Waals surface area (Å²) in [7, 11) is 0. The summed E-state index contributed by atoms with van der Waals surface area (Å²) in [5, 5.41) is 12.7. The van der Waals surface area contributed by atoms with Crippen LogP contribution in [0.5, 0.6) is 0 Å². The summed E-state index contributed by atoms with van der Waals surface area (Å²) in [5.74, 6) is 0. The highest BCUT2D eigenvalue weighted by Crippen LogP contribution is 2.57. The molecular weight excluding hydrogens is 536 g/mol. The Morgan fingerprint density at radius 2 is 1.44 bits per heavy atom. The predicted molar refractivity (Wildman–Crippen MR) is 167 cm³/mol. The van der Waals surface area contributed by atoms with E-state index >= 15 is 0 Å². The molecule has 0 unspecified atom stereocenters. The zero-order valence-corrected chi connectivity index (χ0v) is 26.5. The number of ether oxygens (including phenoxy) is 5. The van der Waals surface area contributed by atoms with E-state index in [1.54, 1.807) is 11.8 Å². The molecule has 1 N–H and O–H groups in total. The molecule has 0 saturated carbocycles. The van der Waals surface area contributed by atoms with Crippen LogP contribution in [-0.4, -0.2) is 61.7 Å². The number of benzene rings is 2. The molecule has 0 radical (unpaired) electrons. The second kappa shape index (κ2) is 16.6. The molecule has 0 bridgehead atoms. The van der Waals surface area contributed by atoms with E-state index in [0.717, 1.165) is 79.9 Å². The van der Waals surface area contributed by atoms with Crippen molar-refractivity contribution in [2.24, 2.45) is 0 Å². The number of aliphatic hydroxyl groups excluding tert-OH is 1. The Bertz CT molecular complexity index is 1060. The maximum absolute atomic E-state index is 10.4. The molecule has 1 fully saturated rings. The lowest BCUT2D eigenvalue weighted by Crippen LogP contribution is -2.61. The van der Waals surface area contributed by atoms with Crippen molar-refractivity contribution in [1.29, 1.82) is 0 Å². The Morgan fingerprint density at radius 1 is 0.829 bits per heavy atom. The quantitative estimate of drug-likeness (QED) is 0.181. The van der Waals surface area contributed by atoms with Crippen molar-refractivity contribution < 1.29 is 28.8 Å². The number of thioether (sulfide) groups is 1. The molecule has 0 aromatic heterocycles. The third kappa shape index (κ3) is 7.49. The number of aliphatic hydroxyl groups is 1. The summed E-state index contributed by atoms with van der Waals surface area (Å²) in [4.78, 5) is -0.780. The van der Waals surface area contributed by atoms with Crippen molar-refractivity contribution in [2.45, 2.75) is 121 Å². The van der Waals surface area contributed by atoms with Crippen LogP contribution < -0.4 is 0 Å². The predicted octanol–water partition coefficient (Wildman–Crippen LogP) is 7.50. The summed E-state index contributed by atoms with van der Waals surface area (Å²) in [6.07, 6.45) is 7.44. The second-order valence-corrected chi connectivity index (χ2v) is 12.8. The molecule has 2 aliphatic rings. The standard InChI is InChI=1S/C34H52O6S/c1-5-9-17-36-24-30-31(37-18-10-6-2)32(38-19-11-7-3)33(39-20-12-8-4)34(41-30)29-21-25(22-35)26-15-13-14-16-27(26)28(29)23-40-34/h13-16,21,30-33,35H,5-12,17-20,22-24H2,1-4H3/t30-,31-,32+,33-,34+/m1/s1. The molecule has 2 aromatic carbocycles. The largest absolute Gasteiger partial charge is 0.392 e. The number of hydrogen-bond donors (Lipinski definition) is 1. The van der Waals surface area contributed by atoms with Gasteiger partial charge in [0.25, 0.3) is 0 Å². The van der Waals surface area contributed by atoms with Crippen LogP contribution in [0.3, 0.4) is 0 Å². The van der Waals surface area contributed by atoms with Crippen LogP contribution in [-0.2, 0) is 41.8 Å². The minimum Gasteiger partial charge on any atom is -0.392 e. The molecule has 1 saturated heterocycles. The number of rotatable bonds is 18. The molecule has 2 heterocycles. The molecule has 0 amide bonds.